The number of fused-ring (bicyclic) bond motifs is 10. The molecule has 8 aromatic carbocycles. The van der Waals surface area contributed by atoms with E-state index >= 15 is 0 Å². The highest BCUT2D eigenvalue weighted by Gasteiger charge is 2.22. The summed E-state index contributed by atoms with van der Waals surface area (Å²) in [5.74, 6) is 0. The average molecular weight is 650 g/mol. The van der Waals surface area contributed by atoms with Crippen LogP contribution in [0.4, 0.5) is 0 Å². The summed E-state index contributed by atoms with van der Waals surface area (Å²) in [5, 5.41) is 7.51. The van der Waals surface area contributed by atoms with E-state index in [4.69, 9.17) is 0 Å². The van der Waals surface area contributed by atoms with Crippen molar-refractivity contribution in [3.63, 3.8) is 0 Å². The van der Waals surface area contributed by atoms with Crippen molar-refractivity contribution >= 4 is 65.4 Å². The van der Waals surface area contributed by atoms with Crippen molar-refractivity contribution in [3.05, 3.63) is 188 Å². The number of hydrogen-bond acceptors (Lipinski definition) is 0. The maximum atomic E-state index is 2.46. The van der Waals surface area contributed by atoms with E-state index in [1.165, 1.54) is 82.2 Å². The van der Waals surface area contributed by atoms with E-state index in [9.17, 15) is 0 Å². The van der Waals surface area contributed by atoms with E-state index in [0.717, 1.165) is 11.4 Å². The van der Waals surface area contributed by atoms with E-state index < -0.39 is 0 Å². The maximum absolute atomic E-state index is 2.46. The summed E-state index contributed by atoms with van der Waals surface area (Å²) in [7, 11) is 0. The Balaban J connectivity index is 1.21. The van der Waals surface area contributed by atoms with Crippen molar-refractivity contribution in [2.24, 2.45) is 0 Å². The van der Waals surface area contributed by atoms with Crippen molar-refractivity contribution in [3.8, 4) is 28.2 Å². The number of benzene rings is 8. The van der Waals surface area contributed by atoms with Crippen molar-refractivity contribution < 1.29 is 0 Å². The molecule has 238 valence electrons. The molecule has 0 saturated heterocycles. The Morgan fingerprint density at radius 3 is 1.12 bits per heavy atom. The highest BCUT2D eigenvalue weighted by Crippen LogP contribution is 2.43. The van der Waals surface area contributed by atoms with Gasteiger partial charge in [0.1, 0.15) is 0 Å². The normalized spacial score (nSPS) is 11.9. The molecular weight excluding hydrogens is 619 g/mol. The first-order valence-electron chi connectivity index (χ1n) is 17.5. The molecule has 0 aliphatic rings. The molecule has 0 radical (unpaired) electrons. The molecule has 3 nitrogen and oxygen atoms in total. The van der Waals surface area contributed by atoms with Gasteiger partial charge in [-0.05, 0) is 83.9 Å². The summed E-state index contributed by atoms with van der Waals surface area (Å²) in [4.78, 5) is 0. The van der Waals surface area contributed by atoms with Crippen LogP contribution in [0, 0.1) is 0 Å². The zero-order chi connectivity index (χ0) is 33.5. The lowest BCUT2D eigenvalue weighted by molar-refractivity contribution is 1.15. The Morgan fingerprint density at radius 1 is 0.235 bits per heavy atom. The number of para-hydroxylation sites is 5. The van der Waals surface area contributed by atoms with Crippen molar-refractivity contribution in [2.75, 3.05) is 0 Å². The van der Waals surface area contributed by atoms with Crippen molar-refractivity contribution in [2.45, 2.75) is 0 Å². The monoisotopic (exact) mass is 649 g/mol. The molecule has 0 aliphatic carbocycles. The summed E-state index contributed by atoms with van der Waals surface area (Å²) >= 11 is 0. The highest BCUT2D eigenvalue weighted by atomic mass is 15.0. The second kappa shape index (κ2) is 10.8. The molecule has 0 spiro atoms. The van der Waals surface area contributed by atoms with Crippen LogP contribution in [0.5, 0.6) is 0 Å². The summed E-state index contributed by atoms with van der Waals surface area (Å²) in [6.45, 7) is 0. The van der Waals surface area contributed by atoms with E-state index in [0.29, 0.717) is 0 Å². The molecule has 0 aliphatic heterocycles. The first-order valence-corrected chi connectivity index (χ1v) is 17.5. The Bertz CT molecular complexity index is 3110. The van der Waals surface area contributed by atoms with Crippen LogP contribution in [0.2, 0.25) is 0 Å². The lowest BCUT2D eigenvalue weighted by Crippen LogP contribution is -1.98. The molecular formula is C48H31N3. The molecule has 3 heteroatoms. The molecule has 0 atom stereocenters. The topological polar surface area (TPSA) is 14.8 Å². The van der Waals surface area contributed by atoms with Crippen LogP contribution >= 0.6 is 0 Å². The van der Waals surface area contributed by atoms with Gasteiger partial charge >= 0.3 is 0 Å². The third-order valence-electron chi connectivity index (χ3n) is 10.6. The largest absolute Gasteiger partial charge is 0.309 e. The molecule has 11 aromatic rings. The van der Waals surface area contributed by atoms with Gasteiger partial charge in [-0.15, -0.1) is 0 Å². The molecule has 3 heterocycles. The quantitative estimate of drug-likeness (QED) is 0.180. The van der Waals surface area contributed by atoms with Crippen LogP contribution in [0.15, 0.2) is 188 Å². The lowest BCUT2D eigenvalue weighted by atomic mass is 10.0. The fraction of sp³-hybridized carbons (Fsp3) is 0. The van der Waals surface area contributed by atoms with Gasteiger partial charge < -0.3 is 13.7 Å². The third-order valence-corrected chi connectivity index (χ3v) is 10.6. The Kier molecular flexibility index (Phi) is 5.96. The predicted octanol–water partition coefficient (Wildman–Crippen LogP) is 12.6. The minimum Gasteiger partial charge on any atom is -0.309 e. The highest BCUT2D eigenvalue weighted by molar-refractivity contribution is 6.24. The number of hydrogen-bond donors (Lipinski definition) is 0. The summed E-state index contributed by atoms with van der Waals surface area (Å²) in [6, 6.07) is 68.4. The van der Waals surface area contributed by atoms with Gasteiger partial charge in [0.15, 0.2) is 0 Å². The molecule has 0 saturated carbocycles. The standard InChI is InChI=1S/C48H31N3/c1-4-14-34(15-5-1)49-43-22-12-11-21-38(43)41-30-32(24-28-45(41)49)33-25-29-46-42(31-33)40-27-26-39-37-20-10-13-23-44(37)50(35-16-6-2-7-17-35)47(39)48(40)51(46)36-18-8-3-9-19-36/h1-31H. The second-order valence-electron chi connectivity index (χ2n) is 13.4. The van der Waals surface area contributed by atoms with Crippen LogP contribution < -0.4 is 0 Å². The van der Waals surface area contributed by atoms with Crippen LogP contribution in [-0.2, 0) is 0 Å². The van der Waals surface area contributed by atoms with Crippen LogP contribution in [0.3, 0.4) is 0 Å². The van der Waals surface area contributed by atoms with E-state index in [2.05, 4.69) is 202 Å². The number of rotatable bonds is 4. The SMILES string of the molecule is c1ccc(-n2c3ccccc3c3cc(-c4ccc5c(c4)c4ccc6c7ccccc7n(-c7ccccc7)c6c4n5-c4ccccc4)ccc32)cc1. The summed E-state index contributed by atoms with van der Waals surface area (Å²) < 4.78 is 7.29. The van der Waals surface area contributed by atoms with E-state index in [1.807, 2.05) is 0 Å². The smallest absolute Gasteiger partial charge is 0.0788 e. The predicted molar refractivity (Wildman–Crippen MR) is 215 cm³/mol. The molecule has 0 N–H and O–H groups in total. The minimum atomic E-state index is 1.15. The fourth-order valence-corrected chi connectivity index (χ4v) is 8.43. The Morgan fingerprint density at radius 2 is 0.588 bits per heavy atom. The van der Waals surface area contributed by atoms with Gasteiger partial charge in [-0.1, -0.05) is 115 Å². The van der Waals surface area contributed by atoms with Gasteiger partial charge in [-0.2, -0.15) is 0 Å². The van der Waals surface area contributed by atoms with E-state index in [1.54, 1.807) is 0 Å². The van der Waals surface area contributed by atoms with Gasteiger partial charge in [0, 0.05) is 49.4 Å². The zero-order valence-electron chi connectivity index (χ0n) is 27.7. The third kappa shape index (κ3) is 4.06. The first kappa shape index (κ1) is 28.0. The average Bonchev–Trinajstić information content (AvgIpc) is 3.84. The van der Waals surface area contributed by atoms with E-state index in [-0.39, 0.29) is 0 Å². The summed E-state index contributed by atoms with van der Waals surface area (Å²) in [6.07, 6.45) is 0. The maximum Gasteiger partial charge on any atom is 0.0788 e. The van der Waals surface area contributed by atoms with Gasteiger partial charge in [-0.25, -0.2) is 0 Å². The van der Waals surface area contributed by atoms with Gasteiger partial charge in [0.05, 0.1) is 33.1 Å². The summed E-state index contributed by atoms with van der Waals surface area (Å²) in [5.41, 5.74) is 13.2. The molecule has 0 unspecified atom stereocenters. The Labute approximate surface area is 294 Å². The molecule has 11 rings (SSSR count). The van der Waals surface area contributed by atoms with Gasteiger partial charge in [-0.3, -0.25) is 0 Å². The number of aromatic nitrogens is 3. The zero-order valence-corrected chi connectivity index (χ0v) is 27.7. The van der Waals surface area contributed by atoms with Crippen LogP contribution in [0.1, 0.15) is 0 Å². The second-order valence-corrected chi connectivity index (χ2v) is 13.4. The molecule has 0 fully saturated rings. The lowest BCUT2D eigenvalue weighted by Gasteiger charge is -2.12. The Hall–Kier alpha value is -6.84. The van der Waals surface area contributed by atoms with Gasteiger partial charge in [0.25, 0.3) is 0 Å². The van der Waals surface area contributed by atoms with Crippen molar-refractivity contribution in [1.82, 2.24) is 13.7 Å². The molecule has 0 amide bonds. The first-order chi connectivity index (χ1) is 25.3. The van der Waals surface area contributed by atoms with Crippen molar-refractivity contribution in [1.29, 1.82) is 0 Å². The van der Waals surface area contributed by atoms with Gasteiger partial charge in [0.2, 0.25) is 0 Å². The van der Waals surface area contributed by atoms with Crippen LogP contribution in [-0.4, -0.2) is 13.7 Å². The fourth-order valence-electron chi connectivity index (χ4n) is 8.43. The molecule has 3 aromatic heterocycles. The molecule has 0 bridgehead atoms. The molecule has 51 heavy (non-hydrogen) atoms. The minimum absolute atomic E-state index is 1.15. The van der Waals surface area contributed by atoms with Crippen LogP contribution in [0.25, 0.3) is 93.6 Å². The number of nitrogens with zero attached hydrogens (tertiary/aromatic N) is 3.